The topological polar surface area (TPSA) is 104 Å². The SMILES string of the molecule is Cc1noc(C)c1C(=O)O/N=C(\N)c1ccc(-c2cscn2)cc1. The first-order valence-corrected chi connectivity index (χ1v) is 7.97. The van der Waals surface area contributed by atoms with Crippen molar-refractivity contribution in [3.63, 3.8) is 0 Å². The van der Waals surface area contributed by atoms with Gasteiger partial charge in [-0.3, -0.25) is 0 Å². The van der Waals surface area contributed by atoms with Gasteiger partial charge < -0.3 is 15.1 Å². The summed E-state index contributed by atoms with van der Waals surface area (Å²) >= 11 is 1.53. The van der Waals surface area contributed by atoms with E-state index in [9.17, 15) is 4.79 Å². The number of aromatic nitrogens is 2. The summed E-state index contributed by atoms with van der Waals surface area (Å²) in [6.45, 7) is 3.28. The van der Waals surface area contributed by atoms with Gasteiger partial charge in [-0.25, -0.2) is 9.78 Å². The van der Waals surface area contributed by atoms with Gasteiger partial charge in [0.15, 0.2) is 5.84 Å². The molecule has 0 saturated carbocycles. The van der Waals surface area contributed by atoms with Gasteiger partial charge in [0, 0.05) is 16.5 Å². The lowest BCUT2D eigenvalue weighted by molar-refractivity contribution is 0.0513. The van der Waals surface area contributed by atoms with E-state index in [1.165, 1.54) is 11.3 Å². The number of thiazole rings is 1. The maximum Gasteiger partial charge on any atom is 0.371 e. The second kappa shape index (κ2) is 6.63. The molecule has 0 spiro atoms. The average Bonchev–Trinajstić information content (AvgIpc) is 3.23. The molecule has 0 amide bonds. The number of carbonyl (C=O) groups excluding carboxylic acids is 1. The summed E-state index contributed by atoms with van der Waals surface area (Å²) in [4.78, 5) is 21.1. The molecule has 0 radical (unpaired) electrons. The molecule has 0 aliphatic rings. The zero-order valence-corrected chi connectivity index (χ0v) is 13.8. The summed E-state index contributed by atoms with van der Waals surface area (Å²) in [6, 6.07) is 7.33. The molecule has 0 aliphatic carbocycles. The Morgan fingerprint density at radius 3 is 2.62 bits per heavy atom. The van der Waals surface area contributed by atoms with Crippen LogP contribution in [-0.2, 0) is 4.84 Å². The normalized spacial score (nSPS) is 11.5. The average molecular weight is 342 g/mol. The lowest BCUT2D eigenvalue weighted by Crippen LogP contribution is -2.15. The molecule has 7 nitrogen and oxygen atoms in total. The third-order valence-corrected chi connectivity index (χ3v) is 3.96. The fourth-order valence-corrected chi connectivity index (χ4v) is 2.69. The second-order valence-corrected chi connectivity index (χ2v) is 5.72. The Balaban J connectivity index is 1.73. The van der Waals surface area contributed by atoms with Crippen molar-refractivity contribution in [2.45, 2.75) is 13.8 Å². The van der Waals surface area contributed by atoms with Gasteiger partial charge >= 0.3 is 5.97 Å². The van der Waals surface area contributed by atoms with Crippen molar-refractivity contribution in [2.75, 3.05) is 0 Å². The highest BCUT2D eigenvalue weighted by Gasteiger charge is 2.19. The summed E-state index contributed by atoms with van der Waals surface area (Å²) in [5.74, 6) is -0.188. The predicted molar refractivity (Wildman–Crippen MR) is 89.7 cm³/mol. The van der Waals surface area contributed by atoms with Crippen LogP contribution in [0.3, 0.4) is 0 Å². The van der Waals surface area contributed by atoms with Crippen molar-refractivity contribution >= 4 is 23.1 Å². The van der Waals surface area contributed by atoms with E-state index >= 15 is 0 Å². The molecule has 2 N–H and O–H groups in total. The number of hydrogen-bond donors (Lipinski definition) is 1. The minimum atomic E-state index is -0.659. The number of rotatable bonds is 4. The first-order valence-electron chi connectivity index (χ1n) is 7.03. The van der Waals surface area contributed by atoms with Crippen LogP contribution in [0.25, 0.3) is 11.3 Å². The first kappa shape index (κ1) is 15.9. The number of benzene rings is 1. The van der Waals surface area contributed by atoms with E-state index in [-0.39, 0.29) is 11.4 Å². The van der Waals surface area contributed by atoms with E-state index in [0.717, 1.165) is 11.3 Å². The molecule has 1 aromatic carbocycles. The number of oxime groups is 1. The zero-order valence-electron chi connectivity index (χ0n) is 13.0. The second-order valence-electron chi connectivity index (χ2n) is 5.01. The van der Waals surface area contributed by atoms with Crippen LogP contribution in [0.4, 0.5) is 0 Å². The van der Waals surface area contributed by atoms with E-state index < -0.39 is 5.97 Å². The smallest absolute Gasteiger partial charge is 0.371 e. The fraction of sp³-hybridized carbons (Fsp3) is 0.125. The Kier molecular flexibility index (Phi) is 4.39. The third-order valence-electron chi connectivity index (χ3n) is 3.37. The molecule has 0 atom stereocenters. The first-order chi connectivity index (χ1) is 11.6. The maximum atomic E-state index is 12.0. The molecule has 122 valence electrons. The van der Waals surface area contributed by atoms with Crippen molar-refractivity contribution in [1.82, 2.24) is 10.1 Å². The standard InChI is InChI=1S/C16H14N4O3S/c1-9-14(10(2)22-19-9)16(21)23-20-15(17)12-5-3-11(4-6-12)13-7-24-8-18-13/h3-8H,1-2H3,(H2,17,20). The summed E-state index contributed by atoms with van der Waals surface area (Å²) in [6.07, 6.45) is 0. The third kappa shape index (κ3) is 3.18. The number of hydrogen-bond acceptors (Lipinski definition) is 7. The quantitative estimate of drug-likeness (QED) is 0.338. The van der Waals surface area contributed by atoms with Crippen LogP contribution in [0.5, 0.6) is 0 Å². The summed E-state index contributed by atoms with van der Waals surface area (Å²) in [5.41, 5.74) is 10.8. The molecular formula is C16H14N4O3S. The minimum Gasteiger partial charge on any atom is -0.380 e. The van der Waals surface area contributed by atoms with Crippen molar-refractivity contribution in [3.05, 3.63) is 57.7 Å². The molecule has 24 heavy (non-hydrogen) atoms. The van der Waals surface area contributed by atoms with Crippen LogP contribution in [0.1, 0.15) is 27.4 Å². The Hall–Kier alpha value is -3.00. The lowest BCUT2D eigenvalue weighted by Gasteiger charge is -2.02. The van der Waals surface area contributed by atoms with E-state index in [2.05, 4.69) is 15.3 Å². The maximum absolute atomic E-state index is 12.0. The number of amidine groups is 1. The fourth-order valence-electron chi connectivity index (χ4n) is 2.13. The highest BCUT2D eigenvalue weighted by Crippen LogP contribution is 2.19. The van der Waals surface area contributed by atoms with Crippen molar-refractivity contribution in [3.8, 4) is 11.3 Å². The highest BCUT2D eigenvalue weighted by atomic mass is 32.1. The Labute approximate surface area is 141 Å². The molecule has 8 heteroatoms. The van der Waals surface area contributed by atoms with Crippen molar-refractivity contribution in [1.29, 1.82) is 0 Å². The molecule has 2 heterocycles. The number of nitrogens with two attached hydrogens (primary N) is 1. The predicted octanol–water partition coefficient (Wildman–Crippen LogP) is 2.89. The van der Waals surface area contributed by atoms with Crippen LogP contribution in [0.15, 0.2) is 44.8 Å². The van der Waals surface area contributed by atoms with Crippen LogP contribution in [-0.4, -0.2) is 21.9 Å². The van der Waals surface area contributed by atoms with Gasteiger partial charge in [0.2, 0.25) is 0 Å². The van der Waals surface area contributed by atoms with E-state index in [1.54, 1.807) is 31.5 Å². The van der Waals surface area contributed by atoms with Gasteiger partial charge in [-0.1, -0.05) is 34.6 Å². The van der Waals surface area contributed by atoms with Gasteiger partial charge in [0.05, 0.1) is 16.9 Å². The summed E-state index contributed by atoms with van der Waals surface area (Å²) in [7, 11) is 0. The van der Waals surface area contributed by atoms with Crippen LogP contribution in [0, 0.1) is 13.8 Å². The van der Waals surface area contributed by atoms with Crippen molar-refractivity contribution in [2.24, 2.45) is 10.9 Å². The largest absolute Gasteiger partial charge is 0.380 e. The molecule has 0 bridgehead atoms. The van der Waals surface area contributed by atoms with Crippen LogP contribution in [0.2, 0.25) is 0 Å². The molecular weight excluding hydrogens is 328 g/mol. The van der Waals surface area contributed by atoms with Gasteiger partial charge in [0.1, 0.15) is 11.3 Å². The van der Waals surface area contributed by atoms with Gasteiger partial charge in [-0.2, -0.15) is 0 Å². The van der Waals surface area contributed by atoms with Gasteiger partial charge in [-0.15, -0.1) is 11.3 Å². The van der Waals surface area contributed by atoms with Crippen molar-refractivity contribution < 1.29 is 14.2 Å². The number of aryl methyl sites for hydroxylation is 2. The highest BCUT2D eigenvalue weighted by molar-refractivity contribution is 7.07. The Morgan fingerprint density at radius 2 is 2.04 bits per heavy atom. The van der Waals surface area contributed by atoms with E-state index in [4.69, 9.17) is 15.1 Å². The van der Waals surface area contributed by atoms with Crippen LogP contribution >= 0.6 is 11.3 Å². The van der Waals surface area contributed by atoms with Gasteiger partial charge in [0.25, 0.3) is 0 Å². The van der Waals surface area contributed by atoms with Gasteiger partial charge in [-0.05, 0) is 13.8 Å². The van der Waals surface area contributed by atoms with Crippen LogP contribution < -0.4 is 5.73 Å². The summed E-state index contributed by atoms with van der Waals surface area (Å²) < 4.78 is 4.92. The zero-order chi connectivity index (χ0) is 17.1. The molecule has 0 unspecified atom stereocenters. The van der Waals surface area contributed by atoms with E-state index in [1.807, 2.05) is 17.5 Å². The monoisotopic (exact) mass is 342 g/mol. The molecule has 0 saturated heterocycles. The number of carbonyl (C=O) groups is 1. The molecule has 3 rings (SSSR count). The summed E-state index contributed by atoms with van der Waals surface area (Å²) in [5, 5.41) is 9.34. The lowest BCUT2D eigenvalue weighted by atomic mass is 10.1. The molecule has 0 fully saturated rings. The molecule has 2 aromatic heterocycles. The van der Waals surface area contributed by atoms with E-state index in [0.29, 0.717) is 17.0 Å². The molecule has 0 aliphatic heterocycles. The Bertz CT molecular complexity index is 863. The number of nitrogens with zero attached hydrogens (tertiary/aromatic N) is 3. The Morgan fingerprint density at radius 1 is 1.29 bits per heavy atom. The minimum absolute atomic E-state index is 0.0972. The molecule has 3 aromatic rings.